The van der Waals surface area contributed by atoms with Crippen molar-refractivity contribution in [2.45, 2.75) is 57.8 Å². The Hall–Kier alpha value is -2.74. The summed E-state index contributed by atoms with van der Waals surface area (Å²) >= 11 is 0. The Bertz CT molecular complexity index is 902. The highest BCUT2D eigenvalue weighted by atomic mass is 16.5. The average molecular weight is 455 g/mol. The molecule has 0 N–H and O–H groups in total. The first kappa shape index (κ1) is 23.4. The Kier molecular flexibility index (Phi) is 8.10. The van der Waals surface area contributed by atoms with E-state index in [0.717, 1.165) is 69.9 Å². The van der Waals surface area contributed by atoms with Crippen molar-refractivity contribution in [3.63, 3.8) is 0 Å². The monoisotopic (exact) mass is 454 g/mol. The number of para-hydroxylation sites is 1. The number of piperidine rings is 1. The number of ether oxygens (including phenoxy) is 1. The van der Waals surface area contributed by atoms with Crippen molar-refractivity contribution in [1.82, 2.24) is 15.0 Å². The van der Waals surface area contributed by atoms with Gasteiger partial charge in [-0.1, -0.05) is 23.4 Å². The number of carbonyl (C=O) groups excluding carboxylic acids is 2. The van der Waals surface area contributed by atoms with Gasteiger partial charge in [0.25, 0.3) is 0 Å². The summed E-state index contributed by atoms with van der Waals surface area (Å²) in [4.78, 5) is 33.6. The Balaban J connectivity index is 1.20. The fourth-order valence-electron chi connectivity index (χ4n) is 4.72. The van der Waals surface area contributed by atoms with Gasteiger partial charge in [0, 0.05) is 63.7 Å². The fourth-order valence-corrected chi connectivity index (χ4v) is 4.72. The molecule has 1 aromatic heterocycles. The van der Waals surface area contributed by atoms with Crippen LogP contribution in [0.3, 0.4) is 0 Å². The number of hydrogen-bond donors (Lipinski definition) is 0. The van der Waals surface area contributed by atoms with Gasteiger partial charge >= 0.3 is 0 Å². The van der Waals surface area contributed by atoms with E-state index < -0.39 is 0 Å². The molecule has 8 heteroatoms. The van der Waals surface area contributed by atoms with Gasteiger partial charge in [0.2, 0.25) is 17.7 Å². The van der Waals surface area contributed by atoms with E-state index in [4.69, 9.17) is 9.26 Å². The summed E-state index contributed by atoms with van der Waals surface area (Å²) in [5.41, 5.74) is 0.874. The molecule has 2 saturated heterocycles. The SMILES string of the molecule is CCN(C(=O)CCC(=O)N1CCC(Cc2nc(C3CCOCC3)no2)CC1)c1ccccc1. The third kappa shape index (κ3) is 6.19. The molecule has 178 valence electrons. The molecule has 0 bridgehead atoms. The highest BCUT2D eigenvalue weighted by Crippen LogP contribution is 2.26. The van der Waals surface area contributed by atoms with Gasteiger partial charge in [0.15, 0.2) is 5.82 Å². The Labute approximate surface area is 195 Å². The first-order valence-corrected chi connectivity index (χ1v) is 12.2. The highest BCUT2D eigenvalue weighted by Gasteiger charge is 2.27. The molecule has 2 amide bonds. The van der Waals surface area contributed by atoms with Crippen LogP contribution in [0.1, 0.15) is 63.1 Å². The second-order valence-electron chi connectivity index (χ2n) is 8.93. The molecular weight excluding hydrogens is 420 g/mol. The molecule has 2 aliphatic rings. The minimum Gasteiger partial charge on any atom is -0.381 e. The summed E-state index contributed by atoms with van der Waals surface area (Å²) in [6, 6.07) is 9.60. The molecule has 8 nitrogen and oxygen atoms in total. The van der Waals surface area contributed by atoms with E-state index in [9.17, 15) is 9.59 Å². The lowest BCUT2D eigenvalue weighted by Gasteiger charge is -2.31. The van der Waals surface area contributed by atoms with Gasteiger partial charge in [0.05, 0.1) is 0 Å². The maximum Gasteiger partial charge on any atom is 0.227 e. The van der Waals surface area contributed by atoms with Crippen molar-refractivity contribution in [3.05, 3.63) is 42.0 Å². The molecule has 0 aliphatic carbocycles. The first-order valence-electron chi connectivity index (χ1n) is 12.2. The number of benzene rings is 1. The van der Waals surface area contributed by atoms with Crippen LogP contribution in [0.25, 0.3) is 0 Å². The fraction of sp³-hybridized carbons (Fsp3) is 0.600. The molecule has 2 fully saturated rings. The number of aromatic nitrogens is 2. The highest BCUT2D eigenvalue weighted by molar-refractivity contribution is 5.95. The van der Waals surface area contributed by atoms with E-state index in [0.29, 0.717) is 24.3 Å². The maximum absolute atomic E-state index is 12.7. The second kappa shape index (κ2) is 11.4. The zero-order valence-electron chi connectivity index (χ0n) is 19.4. The Morgan fingerprint density at radius 1 is 1.06 bits per heavy atom. The number of likely N-dealkylation sites (tertiary alicyclic amines) is 1. The van der Waals surface area contributed by atoms with E-state index in [1.165, 1.54) is 0 Å². The van der Waals surface area contributed by atoms with Crippen LogP contribution in [0.15, 0.2) is 34.9 Å². The molecule has 1 aromatic carbocycles. The molecule has 0 unspecified atom stereocenters. The third-order valence-electron chi connectivity index (χ3n) is 6.74. The minimum atomic E-state index is -0.0105. The second-order valence-corrected chi connectivity index (χ2v) is 8.93. The summed E-state index contributed by atoms with van der Waals surface area (Å²) in [6.45, 7) is 5.50. The van der Waals surface area contributed by atoms with Crippen molar-refractivity contribution < 1.29 is 18.8 Å². The van der Waals surface area contributed by atoms with E-state index in [1.807, 2.05) is 42.2 Å². The standard InChI is InChI=1S/C25H34N4O4/c1-2-29(21-6-4-3-5-7-21)24(31)9-8-23(30)28-14-10-19(11-15-28)18-22-26-25(27-33-22)20-12-16-32-17-13-20/h3-7,19-20H,2,8-18H2,1H3. The van der Waals surface area contributed by atoms with Crippen LogP contribution in [0, 0.1) is 5.92 Å². The molecule has 0 atom stereocenters. The number of amides is 2. The number of nitrogens with zero attached hydrogens (tertiary/aromatic N) is 4. The topological polar surface area (TPSA) is 88.8 Å². The predicted octanol–water partition coefficient (Wildman–Crippen LogP) is 3.58. The van der Waals surface area contributed by atoms with Crippen molar-refractivity contribution in [2.75, 3.05) is 37.7 Å². The summed E-state index contributed by atoms with van der Waals surface area (Å²) in [7, 11) is 0. The summed E-state index contributed by atoms with van der Waals surface area (Å²) in [5, 5.41) is 4.19. The number of carbonyl (C=O) groups is 2. The molecule has 2 aliphatic heterocycles. The molecular formula is C25H34N4O4. The van der Waals surface area contributed by atoms with Crippen LogP contribution in [-0.4, -0.2) is 59.7 Å². The Morgan fingerprint density at radius 3 is 2.48 bits per heavy atom. The summed E-state index contributed by atoms with van der Waals surface area (Å²) in [5.74, 6) is 2.33. The molecule has 0 radical (unpaired) electrons. The molecule has 4 rings (SSSR count). The lowest BCUT2D eigenvalue weighted by Crippen LogP contribution is -2.39. The quantitative estimate of drug-likeness (QED) is 0.606. The van der Waals surface area contributed by atoms with Gasteiger partial charge in [-0.15, -0.1) is 0 Å². The molecule has 0 saturated carbocycles. The van der Waals surface area contributed by atoms with E-state index in [2.05, 4.69) is 10.1 Å². The van der Waals surface area contributed by atoms with Crippen molar-refractivity contribution in [1.29, 1.82) is 0 Å². The largest absolute Gasteiger partial charge is 0.381 e. The minimum absolute atomic E-state index is 0.0105. The van der Waals surface area contributed by atoms with Gasteiger partial charge in [-0.05, 0) is 50.7 Å². The van der Waals surface area contributed by atoms with Crippen molar-refractivity contribution >= 4 is 17.5 Å². The average Bonchev–Trinajstić information content (AvgIpc) is 3.33. The molecule has 33 heavy (non-hydrogen) atoms. The van der Waals surface area contributed by atoms with Crippen LogP contribution in [0.4, 0.5) is 5.69 Å². The number of anilines is 1. The van der Waals surface area contributed by atoms with E-state index in [-0.39, 0.29) is 24.7 Å². The Morgan fingerprint density at radius 2 is 1.79 bits per heavy atom. The molecule has 0 spiro atoms. The van der Waals surface area contributed by atoms with Gasteiger partial charge in [-0.2, -0.15) is 4.98 Å². The van der Waals surface area contributed by atoms with E-state index >= 15 is 0 Å². The van der Waals surface area contributed by atoms with Crippen LogP contribution in [0.5, 0.6) is 0 Å². The normalized spacial score (nSPS) is 17.8. The van der Waals surface area contributed by atoms with Gasteiger partial charge in [0.1, 0.15) is 0 Å². The van der Waals surface area contributed by atoms with Crippen molar-refractivity contribution in [3.8, 4) is 0 Å². The molecule has 3 heterocycles. The molecule has 2 aromatic rings. The lowest BCUT2D eigenvalue weighted by atomic mass is 9.93. The van der Waals surface area contributed by atoms with Crippen LogP contribution >= 0.6 is 0 Å². The van der Waals surface area contributed by atoms with Crippen LogP contribution in [0.2, 0.25) is 0 Å². The third-order valence-corrected chi connectivity index (χ3v) is 6.74. The predicted molar refractivity (Wildman–Crippen MR) is 124 cm³/mol. The van der Waals surface area contributed by atoms with Crippen LogP contribution in [-0.2, 0) is 20.7 Å². The van der Waals surface area contributed by atoms with Crippen molar-refractivity contribution in [2.24, 2.45) is 5.92 Å². The van der Waals surface area contributed by atoms with Gasteiger partial charge < -0.3 is 19.1 Å². The number of hydrogen-bond acceptors (Lipinski definition) is 6. The zero-order chi connectivity index (χ0) is 23.0. The smallest absolute Gasteiger partial charge is 0.227 e. The van der Waals surface area contributed by atoms with Gasteiger partial charge in [-0.25, -0.2) is 0 Å². The summed E-state index contributed by atoms with van der Waals surface area (Å²) in [6.07, 6.45) is 4.98. The lowest BCUT2D eigenvalue weighted by molar-refractivity contribution is -0.134. The van der Waals surface area contributed by atoms with Gasteiger partial charge in [-0.3, -0.25) is 9.59 Å². The number of rotatable bonds is 8. The first-order chi connectivity index (χ1) is 16.1. The zero-order valence-corrected chi connectivity index (χ0v) is 19.4. The summed E-state index contributed by atoms with van der Waals surface area (Å²) < 4.78 is 10.9. The maximum atomic E-state index is 12.7. The van der Waals surface area contributed by atoms with E-state index in [1.54, 1.807) is 4.90 Å². The van der Waals surface area contributed by atoms with Crippen LogP contribution < -0.4 is 4.90 Å².